The van der Waals surface area contributed by atoms with Crippen molar-refractivity contribution in [3.05, 3.63) is 0 Å². The number of unbranched alkanes of at least 4 members (excludes halogenated alkanes) is 6. The minimum absolute atomic E-state index is 0.0189. The average molecular weight is 302 g/mol. The molecular weight excluding hydrogens is 276 g/mol. The Balaban J connectivity index is 3.42. The van der Waals surface area contributed by atoms with Gasteiger partial charge in [-0.3, -0.25) is 4.79 Å². The molecule has 0 radical (unpaired) electrons. The van der Waals surface area contributed by atoms with Crippen LogP contribution in [0.1, 0.15) is 77.6 Å². The summed E-state index contributed by atoms with van der Waals surface area (Å²) in [6.45, 7) is 2.15. The molecule has 122 valence electrons. The SMILES string of the molecule is CCCCCCCCC(=O)OOC(=O)CCCCC(=O)O. The molecule has 0 saturated carbocycles. The predicted molar refractivity (Wildman–Crippen MR) is 76.3 cm³/mol. The lowest BCUT2D eigenvalue weighted by Gasteiger charge is -2.03. The van der Waals surface area contributed by atoms with E-state index in [4.69, 9.17) is 5.11 Å². The van der Waals surface area contributed by atoms with Crippen molar-refractivity contribution >= 4 is 17.9 Å². The number of carboxylic acid groups (broad SMARTS) is 1. The maximum Gasteiger partial charge on any atom is 0.355 e. The molecule has 0 saturated heterocycles. The zero-order valence-electron chi connectivity index (χ0n) is 12.8. The molecule has 0 aliphatic carbocycles. The third kappa shape index (κ3) is 14.6. The molecule has 0 heterocycles. The first-order chi connectivity index (χ1) is 10.1. The number of carboxylic acids is 1. The largest absolute Gasteiger partial charge is 0.481 e. The number of aliphatic carboxylic acids is 1. The van der Waals surface area contributed by atoms with Gasteiger partial charge in [-0.15, -0.1) is 0 Å². The van der Waals surface area contributed by atoms with E-state index in [0.717, 1.165) is 19.3 Å². The van der Waals surface area contributed by atoms with E-state index in [1.807, 2.05) is 0 Å². The highest BCUT2D eigenvalue weighted by Crippen LogP contribution is 2.08. The third-order valence-electron chi connectivity index (χ3n) is 2.98. The normalized spacial score (nSPS) is 10.1. The van der Waals surface area contributed by atoms with Gasteiger partial charge in [-0.2, -0.15) is 0 Å². The fraction of sp³-hybridized carbons (Fsp3) is 0.800. The van der Waals surface area contributed by atoms with Crippen LogP contribution in [0.25, 0.3) is 0 Å². The second-order valence-corrected chi connectivity index (χ2v) is 5.03. The molecular formula is C15H26O6. The second kappa shape index (κ2) is 13.4. The molecule has 0 spiro atoms. The highest BCUT2D eigenvalue weighted by atomic mass is 17.2. The summed E-state index contributed by atoms with van der Waals surface area (Å²) in [5, 5.41) is 8.42. The first kappa shape index (κ1) is 19.4. The molecule has 0 amide bonds. The van der Waals surface area contributed by atoms with E-state index in [1.165, 1.54) is 19.3 Å². The van der Waals surface area contributed by atoms with Crippen LogP contribution in [-0.2, 0) is 24.2 Å². The molecule has 0 fully saturated rings. The van der Waals surface area contributed by atoms with Crippen LogP contribution in [0.2, 0.25) is 0 Å². The van der Waals surface area contributed by atoms with Crippen LogP contribution >= 0.6 is 0 Å². The summed E-state index contributed by atoms with van der Waals surface area (Å²) in [5.41, 5.74) is 0. The summed E-state index contributed by atoms with van der Waals surface area (Å²) in [5.74, 6) is -2.07. The minimum Gasteiger partial charge on any atom is -0.481 e. The molecule has 6 heteroatoms. The van der Waals surface area contributed by atoms with Crippen LogP contribution in [-0.4, -0.2) is 23.0 Å². The number of carbonyl (C=O) groups excluding carboxylic acids is 2. The number of carbonyl (C=O) groups is 3. The third-order valence-corrected chi connectivity index (χ3v) is 2.98. The smallest absolute Gasteiger partial charge is 0.355 e. The summed E-state index contributed by atoms with van der Waals surface area (Å²) in [4.78, 5) is 41.5. The van der Waals surface area contributed by atoms with Crippen LogP contribution in [0, 0.1) is 0 Å². The molecule has 21 heavy (non-hydrogen) atoms. The zero-order chi connectivity index (χ0) is 15.9. The van der Waals surface area contributed by atoms with Gasteiger partial charge >= 0.3 is 17.9 Å². The molecule has 0 aromatic heterocycles. The highest BCUT2D eigenvalue weighted by molar-refractivity contribution is 5.72. The molecule has 0 atom stereocenters. The monoisotopic (exact) mass is 302 g/mol. The second-order valence-electron chi connectivity index (χ2n) is 5.03. The Morgan fingerprint density at radius 2 is 1.14 bits per heavy atom. The quantitative estimate of drug-likeness (QED) is 0.337. The van der Waals surface area contributed by atoms with Crippen LogP contribution in [0.3, 0.4) is 0 Å². The summed E-state index contributed by atoms with van der Waals surface area (Å²) in [6, 6.07) is 0. The molecule has 0 aliphatic heterocycles. The first-order valence-electron chi connectivity index (χ1n) is 7.68. The lowest BCUT2D eigenvalue weighted by Crippen LogP contribution is -2.11. The van der Waals surface area contributed by atoms with Crippen molar-refractivity contribution in [2.45, 2.75) is 77.6 Å². The van der Waals surface area contributed by atoms with Gasteiger partial charge in [-0.05, 0) is 19.3 Å². The summed E-state index contributed by atoms with van der Waals surface area (Å²) in [6.07, 6.45) is 7.50. The average Bonchev–Trinajstić information content (AvgIpc) is 2.45. The standard InChI is InChI=1S/C15H26O6/c1-2-3-4-5-6-7-11-14(18)20-21-15(19)12-9-8-10-13(16)17/h2-12H2,1H3,(H,16,17). The van der Waals surface area contributed by atoms with Gasteiger partial charge < -0.3 is 5.11 Å². The summed E-state index contributed by atoms with van der Waals surface area (Å²) in [7, 11) is 0. The van der Waals surface area contributed by atoms with Gasteiger partial charge in [0.2, 0.25) is 0 Å². The van der Waals surface area contributed by atoms with E-state index < -0.39 is 17.9 Å². The Labute approximate surface area is 125 Å². The predicted octanol–water partition coefficient (Wildman–Crippen LogP) is 3.38. The minimum atomic E-state index is -0.895. The first-order valence-corrected chi connectivity index (χ1v) is 7.68. The van der Waals surface area contributed by atoms with Crippen LogP contribution in [0.4, 0.5) is 0 Å². The van der Waals surface area contributed by atoms with E-state index in [0.29, 0.717) is 12.8 Å². The van der Waals surface area contributed by atoms with Crippen molar-refractivity contribution in [3.63, 3.8) is 0 Å². The van der Waals surface area contributed by atoms with Crippen molar-refractivity contribution in [1.82, 2.24) is 0 Å². The lowest BCUT2D eigenvalue weighted by molar-refractivity contribution is -0.259. The van der Waals surface area contributed by atoms with Crippen LogP contribution < -0.4 is 0 Å². The fourth-order valence-electron chi connectivity index (χ4n) is 1.77. The van der Waals surface area contributed by atoms with Crippen molar-refractivity contribution in [3.8, 4) is 0 Å². The van der Waals surface area contributed by atoms with Gasteiger partial charge in [0.05, 0.1) is 12.8 Å². The Morgan fingerprint density at radius 1 is 0.714 bits per heavy atom. The highest BCUT2D eigenvalue weighted by Gasteiger charge is 2.09. The molecule has 0 aromatic rings. The maximum absolute atomic E-state index is 11.3. The van der Waals surface area contributed by atoms with Crippen molar-refractivity contribution < 1.29 is 29.3 Å². The molecule has 0 aromatic carbocycles. The van der Waals surface area contributed by atoms with Crippen molar-refractivity contribution in [2.75, 3.05) is 0 Å². The zero-order valence-corrected chi connectivity index (χ0v) is 12.8. The molecule has 0 rings (SSSR count). The molecule has 1 N–H and O–H groups in total. The van der Waals surface area contributed by atoms with E-state index in [-0.39, 0.29) is 19.3 Å². The van der Waals surface area contributed by atoms with Crippen LogP contribution in [0.15, 0.2) is 0 Å². The summed E-state index contributed by atoms with van der Waals surface area (Å²) >= 11 is 0. The Kier molecular flexibility index (Phi) is 12.4. The molecule has 0 unspecified atom stereocenters. The van der Waals surface area contributed by atoms with Crippen LogP contribution in [0.5, 0.6) is 0 Å². The number of rotatable bonds is 12. The van der Waals surface area contributed by atoms with Crippen molar-refractivity contribution in [1.29, 1.82) is 0 Å². The Morgan fingerprint density at radius 3 is 1.67 bits per heavy atom. The topological polar surface area (TPSA) is 89.9 Å². The molecule has 0 aliphatic rings. The van der Waals surface area contributed by atoms with Crippen molar-refractivity contribution in [2.24, 2.45) is 0 Å². The maximum atomic E-state index is 11.3. The number of hydrogen-bond acceptors (Lipinski definition) is 5. The van der Waals surface area contributed by atoms with Gasteiger partial charge in [-0.1, -0.05) is 39.0 Å². The lowest BCUT2D eigenvalue weighted by atomic mass is 10.1. The van der Waals surface area contributed by atoms with E-state index in [9.17, 15) is 14.4 Å². The Hall–Kier alpha value is -1.59. The molecule has 6 nitrogen and oxygen atoms in total. The van der Waals surface area contributed by atoms with Gasteiger partial charge in [0.1, 0.15) is 0 Å². The molecule has 0 bridgehead atoms. The summed E-state index contributed by atoms with van der Waals surface area (Å²) < 4.78 is 0. The Bertz CT molecular complexity index is 313. The van der Waals surface area contributed by atoms with Gasteiger partial charge in [0, 0.05) is 6.42 Å². The van der Waals surface area contributed by atoms with E-state index >= 15 is 0 Å². The van der Waals surface area contributed by atoms with E-state index in [2.05, 4.69) is 16.7 Å². The van der Waals surface area contributed by atoms with E-state index in [1.54, 1.807) is 0 Å². The van der Waals surface area contributed by atoms with Gasteiger partial charge in [0.15, 0.2) is 0 Å². The van der Waals surface area contributed by atoms with Gasteiger partial charge in [-0.25, -0.2) is 19.4 Å². The van der Waals surface area contributed by atoms with Gasteiger partial charge in [0.25, 0.3) is 0 Å². The fourth-order valence-corrected chi connectivity index (χ4v) is 1.77. The number of hydrogen-bond donors (Lipinski definition) is 1.